The minimum Gasteiger partial charge on any atom is -0.497 e. The molecule has 1 aromatic carbocycles. The van der Waals surface area contributed by atoms with Gasteiger partial charge in [-0.05, 0) is 37.1 Å². The van der Waals surface area contributed by atoms with E-state index in [1.165, 1.54) is 12.1 Å². The summed E-state index contributed by atoms with van der Waals surface area (Å²) in [5.41, 5.74) is 0.722. The monoisotopic (exact) mass is 268 g/mol. The summed E-state index contributed by atoms with van der Waals surface area (Å²) in [4.78, 5) is 0.108. The first-order valence-electron chi connectivity index (χ1n) is 5.73. The number of anilines is 1. The van der Waals surface area contributed by atoms with Crippen LogP contribution < -0.4 is 10.5 Å². The highest BCUT2D eigenvalue weighted by Gasteiger charge is 2.11. The van der Waals surface area contributed by atoms with E-state index >= 15 is 0 Å². The molecule has 0 radical (unpaired) electrons. The number of hydrogen-bond donors (Lipinski definition) is 2. The first kappa shape index (κ1) is 12.9. The minimum atomic E-state index is -3.65. The van der Waals surface area contributed by atoms with Crippen molar-refractivity contribution in [3.8, 4) is 0 Å². The van der Waals surface area contributed by atoms with Crippen LogP contribution in [0.1, 0.15) is 12.8 Å². The molecule has 0 amide bonds. The van der Waals surface area contributed by atoms with Crippen molar-refractivity contribution in [1.82, 2.24) is 0 Å². The Bertz CT molecular complexity index is 540. The lowest BCUT2D eigenvalue weighted by molar-refractivity contribution is 0.135. The summed E-state index contributed by atoms with van der Waals surface area (Å²) in [7, 11) is -3.65. The maximum absolute atomic E-state index is 11.2. The van der Waals surface area contributed by atoms with Gasteiger partial charge < -0.3 is 10.1 Å². The quantitative estimate of drug-likeness (QED) is 0.865. The smallest absolute Gasteiger partial charge is 0.238 e. The van der Waals surface area contributed by atoms with Gasteiger partial charge in [-0.15, -0.1) is 0 Å². The summed E-state index contributed by atoms with van der Waals surface area (Å²) in [5.74, 6) is 0. The van der Waals surface area contributed by atoms with Crippen molar-refractivity contribution in [1.29, 1.82) is 0 Å². The number of rotatable bonds is 4. The van der Waals surface area contributed by atoms with E-state index in [0.29, 0.717) is 6.54 Å². The van der Waals surface area contributed by atoms with Gasteiger partial charge in [0.1, 0.15) is 6.10 Å². The van der Waals surface area contributed by atoms with Crippen molar-refractivity contribution < 1.29 is 13.2 Å². The molecule has 1 aliphatic heterocycles. The number of primary sulfonamides is 1. The van der Waals surface area contributed by atoms with Gasteiger partial charge in [0.2, 0.25) is 10.0 Å². The Kier molecular flexibility index (Phi) is 3.88. The Morgan fingerprint density at radius 3 is 2.94 bits per heavy atom. The van der Waals surface area contributed by atoms with Gasteiger partial charge in [0.15, 0.2) is 0 Å². The number of benzene rings is 1. The molecule has 5 nitrogen and oxygen atoms in total. The van der Waals surface area contributed by atoms with Gasteiger partial charge >= 0.3 is 0 Å². The zero-order valence-electron chi connectivity index (χ0n) is 9.87. The molecule has 1 aliphatic rings. The zero-order valence-corrected chi connectivity index (χ0v) is 10.7. The molecule has 2 rings (SSSR count). The average molecular weight is 268 g/mol. The first-order chi connectivity index (χ1) is 8.55. The van der Waals surface area contributed by atoms with E-state index in [4.69, 9.17) is 9.88 Å². The van der Waals surface area contributed by atoms with E-state index < -0.39 is 10.0 Å². The molecule has 1 atom stereocenters. The van der Waals surface area contributed by atoms with Gasteiger partial charge in [-0.1, -0.05) is 6.07 Å². The van der Waals surface area contributed by atoms with Crippen LogP contribution in [-0.2, 0) is 14.8 Å². The molecule has 6 heteroatoms. The van der Waals surface area contributed by atoms with Crippen LogP contribution in [0.15, 0.2) is 41.5 Å². The van der Waals surface area contributed by atoms with Gasteiger partial charge in [-0.3, -0.25) is 0 Å². The second-order valence-corrected chi connectivity index (χ2v) is 5.72. The SMILES string of the molecule is NS(=O)(=O)c1cccc(NCC2CCC=CO2)c1. The van der Waals surface area contributed by atoms with E-state index in [-0.39, 0.29) is 11.0 Å². The number of nitrogens with two attached hydrogens (primary N) is 1. The second kappa shape index (κ2) is 5.41. The Hall–Kier alpha value is -1.53. The fraction of sp³-hybridized carbons (Fsp3) is 0.333. The third-order valence-electron chi connectivity index (χ3n) is 2.72. The summed E-state index contributed by atoms with van der Waals surface area (Å²) < 4.78 is 27.8. The fourth-order valence-electron chi connectivity index (χ4n) is 1.75. The van der Waals surface area contributed by atoms with Gasteiger partial charge in [-0.2, -0.15) is 0 Å². The Morgan fingerprint density at radius 2 is 2.28 bits per heavy atom. The third kappa shape index (κ3) is 3.48. The van der Waals surface area contributed by atoms with Crippen molar-refractivity contribution in [3.63, 3.8) is 0 Å². The molecule has 0 fully saturated rings. The van der Waals surface area contributed by atoms with E-state index in [9.17, 15) is 8.42 Å². The van der Waals surface area contributed by atoms with Crippen molar-refractivity contribution in [2.75, 3.05) is 11.9 Å². The summed E-state index contributed by atoms with van der Waals surface area (Å²) in [6.07, 6.45) is 5.77. The van der Waals surface area contributed by atoms with E-state index in [0.717, 1.165) is 18.5 Å². The molecule has 3 N–H and O–H groups in total. The second-order valence-electron chi connectivity index (χ2n) is 4.16. The Labute approximate surface area is 107 Å². The molecule has 18 heavy (non-hydrogen) atoms. The fourth-order valence-corrected chi connectivity index (χ4v) is 2.31. The topological polar surface area (TPSA) is 81.4 Å². The molecule has 1 heterocycles. The molecular formula is C12H16N2O3S. The van der Waals surface area contributed by atoms with Crippen LogP contribution in [0.5, 0.6) is 0 Å². The van der Waals surface area contributed by atoms with Crippen LogP contribution in [0.2, 0.25) is 0 Å². The predicted molar refractivity (Wildman–Crippen MR) is 69.6 cm³/mol. The van der Waals surface area contributed by atoms with E-state index in [2.05, 4.69) is 5.32 Å². The van der Waals surface area contributed by atoms with Gasteiger partial charge in [0.25, 0.3) is 0 Å². The molecule has 0 spiro atoms. The molecule has 0 bridgehead atoms. The van der Waals surface area contributed by atoms with Crippen molar-refractivity contribution in [2.24, 2.45) is 5.14 Å². The maximum Gasteiger partial charge on any atom is 0.238 e. The Morgan fingerprint density at radius 1 is 1.44 bits per heavy atom. The summed E-state index contributed by atoms with van der Waals surface area (Å²) in [5, 5.41) is 8.22. The third-order valence-corrected chi connectivity index (χ3v) is 3.63. The lowest BCUT2D eigenvalue weighted by Gasteiger charge is -2.20. The zero-order chi connectivity index (χ0) is 13.0. The molecule has 0 saturated carbocycles. The molecule has 1 unspecified atom stereocenters. The van der Waals surface area contributed by atoms with Crippen molar-refractivity contribution in [2.45, 2.75) is 23.8 Å². The Balaban J connectivity index is 1.99. The lowest BCUT2D eigenvalue weighted by Crippen LogP contribution is -2.23. The molecule has 0 aliphatic carbocycles. The largest absolute Gasteiger partial charge is 0.497 e. The highest BCUT2D eigenvalue weighted by Crippen LogP contribution is 2.16. The molecule has 0 aromatic heterocycles. The lowest BCUT2D eigenvalue weighted by atomic mass is 10.1. The van der Waals surface area contributed by atoms with Crippen LogP contribution in [0.25, 0.3) is 0 Å². The van der Waals surface area contributed by atoms with E-state index in [1.807, 2.05) is 6.08 Å². The van der Waals surface area contributed by atoms with Crippen LogP contribution in [-0.4, -0.2) is 21.1 Å². The first-order valence-corrected chi connectivity index (χ1v) is 7.27. The standard InChI is InChI=1S/C12H16N2O3S/c13-18(15,16)12-6-3-4-10(8-12)14-9-11-5-1-2-7-17-11/h2-4,6-8,11,14H,1,5,9H2,(H2,13,15,16). The normalized spacial score (nSPS) is 19.3. The predicted octanol–water partition coefficient (Wildman–Crippen LogP) is 1.44. The van der Waals surface area contributed by atoms with Gasteiger partial charge in [0.05, 0.1) is 17.7 Å². The van der Waals surface area contributed by atoms with E-state index in [1.54, 1.807) is 18.4 Å². The molecule has 0 saturated heterocycles. The van der Waals surface area contributed by atoms with Crippen LogP contribution in [0, 0.1) is 0 Å². The average Bonchev–Trinajstić information content (AvgIpc) is 2.37. The molecule has 98 valence electrons. The summed E-state index contributed by atoms with van der Waals surface area (Å²) in [6, 6.07) is 6.45. The maximum atomic E-state index is 11.2. The number of hydrogen-bond acceptors (Lipinski definition) is 4. The van der Waals surface area contributed by atoms with Gasteiger partial charge in [0, 0.05) is 5.69 Å². The summed E-state index contributed by atoms with van der Waals surface area (Å²) >= 11 is 0. The number of allylic oxidation sites excluding steroid dienone is 1. The molecule has 1 aromatic rings. The van der Waals surface area contributed by atoms with Gasteiger partial charge in [-0.25, -0.2) is 13.6 Å². The van der Waals surface area contributed by atoms with Crippen molar-refractivity contribution in [3.05, 3.63) is 36.6 Å². The van der Waals surface area contributed by atoms with Crippen LogP contribution >= 0.6 is 0 Å². The highest BCUT2D eigenvalue weighted by molar-refractivity contribution is 7.89. The number of sulfonamides is 1. The van der Waals surface area contributed by atoms with Crippen molar-refractivity contribution >= 4 is 15.7 Å². The highest BCUT2D eigenvalue weighted by atomic mass is 32.2. The molecular weight excluding hydrogens is 252 g/mol. The van der Waals surface area contributed by atoms with Crippen LogP contribution in [0.4, 0.5) is 5.69 Å². The number of ether oxygens (including phenoxy) is 1. The summed E-state index contributed by atoms with van der Waals surface area (Å²) in [6.45, 7) is 0.637. The minimum absolute atomic E-state index is 0.108. The van der Waals surface area contributed by atoms with Crippen LogP contribution in [0.3, 0.4) is 0 Å². The number of nitrogens with one attached hydrogen (secondary N) is 1.